The molecule has 16 heavy (non-hydrogen) atoms. The molecular weight excluding hydrogens is 242 g/mol. The summed E-state index contributed by atoms with van der Waals surface area (Å²) in [4.78, 5) is 2.57. The summed E-state index contributed by atoms with van der Waals surface area (Å²) in [6.45, 7) is 2.13. The zero-order chi connectivity index (χ0) is 12.2. The average Bonchev–Trinajstić information content (AvgIpc) is 2.65. The van der Waals surface area contributed by atoms with Crippen LogP contribution in [0.1, 0.15) is 29.1 Å². The summed E-state index contributed by atoms with van der Waals surface area (Å²) in [5, 5.41) is 3.17. The lowest BCUT2D eigenvalue weighted by Crippen LogP contribution is -2.18. The van der Waals surface area contributed by atoms with Crippen molar-refractivity contribution < 1.29 is 8.42 Å². The second-order valence-electron chi connectivity index (χ2n) is 3.92. The monoisotopic (exact) mass is 261 g/mol. The smallest absolute Gasteiger partial charge is 0.147 e. The molecule has 0 aliphatic carbocycles. The molecule has 0 aliphatic rings. The lowest BCUT2D eigenvalue weighted by molar-refractivity contribution is 0.565. The van der Waals surface area contributed by atoms with Crippen LogP contribution in [0, 0.1) is 0 Å². The molecule has 0 saturated carbocycles. The van der Waals surface area contributed by atoms with Crippen molar-refractivity contribution in [2.45, 2.75) is 25.8 Å². The Morgan fingerprint density at radius 2 is 2.12 bits per heavy atom. The molecule has 0 fully saturated rings. The van der Waals surface area contributed by atoms with E-state index >= 15 is 0 Å². The Labute approximate surface area is 102 Å². The van der Waals surface area contributed by atoms with E-state index < -0.39 is 9.84 Å². The number of rotatable bonds is 6. The van der Waals surface area contributed by atoms with Crippen molar-refractivity contribution in [2.75, 3.05) is 19.1 Å². The van der Waals surface area contributed by atoms with Crippen molar-refractivity contribution in [1.82, 2.24) is 5.32 Å². The Balaban J connectivity index is 2.67. The highest BCUT2D eigenvalue weighted by Gasteiger charge is 2.14. The molecule has 0 bridgehead atoms. The summed E-state index contributed by atoms with van der Waals surface area (Å²) in [6.07, 6.45) is 2.96. The minimum absolute atomic E-state index is 0.153. The Morgan fingerprint density at radius 3 is 2.56 bits per heavy atom. The quantitative estimate of drug-likeness (QED) is 0.852. The van der Waals surface area contributed by atoms with E-state index in [4.69, 9.17) is 0 Å². The van der Waals surface area contributed by atoms with Crippen LogP contribution in [-0.4, -0.2) is 27.5 Å². The third kappa shape index (κ3) is 4.23. The molecule has 0 radical (unpaired) electrons. The second-order valence-corrected chi connectivity index (χ2v) is 7.38. The zero-order valence-electron chi connectivity index (χ0n) is 9.99. The Hall–Kier alpha value is -0.390. The largest absolute Gasteiger partial charge is 0.312 e. The van der Waals surface area contributed by atoms with Crippen LogP contribution >= 0.6 is 11.3 Å². The first-order valence-corrected chi connectivity index (χ1v) is 8.27. The molecule has 0 spiro atoms. The molecule has 3 nitrogen and oxygen atoms in total. The number of thiophene rings is 1. The minimum atomic E-state index is -2.87. The van der Waals surface area contributed by atoms with Gasteiger partial charge in [-0.05, 0) is 32.0 Å². The fourth-order valence-corrected chi connectivity index (χ4v) is 3.29. The fourth-order valence-electron chi connectivity index (χ4n) is 1.53. The normalized spacial score (nSPS) is 13.9. The van der Waals surface area contributed by atoms with E-state index in [9.17, 15) is 8.42 Å². The van der Waals surface area contributed by atoms with E-state index in [0.717, 1.165) is 6.42 Å². The van der Waals surface area contributed by atoms with Crippen molar-refractivity contribution in [3.8, 4) is 0 Å². The lowest BCUT2D eigenvalue weighted by atomic mass is 10.2. The number of hydrogen-bond acceptors (Lipinski definition) is 4. The number of aryl methyl sites for hydroxylation is 1. The van der Waals surface area contributed by atoms with Crippen LogP contribution in [0.25, 0.3) is 0 Å². The van der Waals surface area contributed by atoms with Gasteiger partial charge < -0.3 is 5.32 Å². The second kappa shape index (κ2) is 5.80. The molecule has 1 aromatic rings. The summed E-state index contributed by atoms with van der Waals surface area (Å²) < 4.78 is 22.2. The Morgan fingerprint density at radius 1 is 1.44 bits per heavy atom. The predicted molar refractivity (Wildman–Crippen MR) is 69.8 cm³/mol. The maximum absolute atomic E-state index is 11.1. The van der Waals surface area contributed by atoms with E-state index in [1.165, 1.54) is 16.0 Å². The molecular formula is C11H19NO2S2. The summed E-state index contributed by atoms with van der Waals surface area (Å²) in [6, 6.07) is 4.36. The first-order chi connectivity index (χ1) is 7.46. The number of nitrogens with one attached hydrogen (secondary N) is 1. The topological polar surface area (TPSA) is 46.2 Å². The zero-order valence-corrected chi connectivity index (χ0v) is 11.6. The summed E-state index contributed by atoms with van der Waals surface area (Å²) in [7, 11) is -0.998. The van der Waals surface area contributed by atoms with Gasteiger partial charge in [0.2, 0.25) is 0 Å². The molecule has 0 aliphatic heterocycles. The summed E-state index contributed by atoms with van der Waals surface area (Å²) in [5.74, 6) is 0.234. The van der Waals surface area contributed by atoms with Crippen LogP contribution in [0.2, 0.25) is 0 Å². The highest BCUT2D eigenvalue weighted by atomic mass is 32.2. The molecule has 1 unspecified atom stereocenters. The molecule has 1 atom stereocenters. The Kier molecular flexibility index (Phi) is 4.95. The van der Waals surface area contributed by atoms with Gasteiger partial charge in [0.1, 0.15) is 9.84 Å². The average molecular weight is 261 g/mol. The standard InChI is InChI=1S/C11H19NO2S2/c1-4-9-5-6-11(15-9)10(12-2)7-8-16(3,13)14/h5-6,10,12H,4,7-8H2,1-3H3. The van der Waals surface area contributed by atoms with Gasteiger partial charge in [-0.2, -0.15) is 0 Å². The third-order valence-electron chi connectivity index (χ3n) is 2.50. The summed E-state index contributed by atoms with van der Waals surface area (Å²) >= 11 is 1.76. The van der Waals surface area contributed by atoms with Gasteiger partial charge in [-0.25, -0.2) is 8.42 Å². The molecule has 5 heteroatoms. The van der Waals surface area contributed by atoms with Gasteiger partial charge in [-0.3, -0.25) is 0 Å². The van der Waals surface area contributed by atoms with Crippen LogP contribution in [0.15, 0.2) is 12.1 Å². The van der Waals surface area contributed by atoms with Crippen LogP contribution in [0.5, 0.6) is 0 Å². The van der Waals surface area contributed by atoms with Crippen molar-refractivity contribution in [1.29, 1.82) is 0 Å². The minimum Gasteiger partial charge on any atom is -0.312 e. The van der Waals surface area contributed by atoms with E-state index in [1.807, 2.05) is 7.05 Å². The molecule has 0 aromatic carbocycles. The summed E-state index contributed by atoms with van der Waals surface area (Å²) in [5.41, 5.74) is 0. The van der Waals surface area contributed by atoms with Crippen molar-refractivity contribution in [3.63, 3.8) is 0 Å². The highest BCUT2D eigenvalue weighted by molar-refractivity contribution is 7.90. The molecule has 0 saturated heterocycles. The van der Waals surface area contributed by atoms with Crippen molar-refractivity contribution in [2.24, 2.45) is 0 Å². The maximum Gasteiger partial charge on any atom is 0.147 e. The highest BCUT2D eigenvalue weighted by Crippen LogP contribution is 2.25. The van der Waals surface area contributed by atoms with E-state index in [-0.39, 0.29) is 11.8 Å². The van der Waals surface area contributed by atoms with Gasteiger partial charge in [-0.15, -0.1) is 11.3 Å². The van der Waals surface area contributed by atoms with Crippen LogP contribution in [0.3, 0.4) is 0 Å². The molecule has 1 N–H and O–H groups in total. The fraction of sp³-hybridized carbons (Fsp3) is 0.636. The lowest BCUT2D eigenvalue weighted by Gasteiger charge is -2.13. The van der Waals surface area contributed by atoms with Crippen LogP contribution in [0.4, 0.5) is 0 Å². The SMILES string of the molecule is CCc1ccc(C(CCS(C)(=O)=O)NC)s1. The van der Waals surface area contributed by atoms with E-state index in [0.29, 0.717) is 6.42 Å². The predicted octanol–water partition coefficient (Wildman–Crippen LogP) is 2.01. The van der Waals surface area contributed by atoms with Gasteiger partial charge in [0.25, 0.3) is 0 Å². The van der Waals surface area contributed by atoms with Gasteiger partial charge in [0, 0.05) is 22.1 Å². The molecule has 1 rings (SSSR count). The van der Waals surface area contributed by atoms with Crippen LogP contribution < -0.4 is 5.32 Å². The third-order valence-corrected chi connectivity index (χ3v) is 4.82. The van der Waals surface area contributed by atoms with E-state index in [1.54, 1.807) is 11.3 Å². The first-order valence-electron chi connectivity index (χ1n) is 5.40. The first kappa shape index (κ1) is 13.7. The van der Waals surface area contributed by atoms with Crippen LogP contribution in [-0.2, 0) is 16.3 Å². The molecule has 1 aromatic heterocycles. The maximum atomic E-state index is 11.1. The van der Waals surface area contributed by atoms with Gasteiger partial charge >= 0.3 is 0 Å². The molecule has 1 heterocycles. The van der Waals surface area contributed by atoms with Crippen molar-refractivity contribution in [3.05, 3.63) is 21.9 Å². The Bertz CT molecular complexity index is 423. The number of hydrogen-bond donors (Lipinski definition) is 1. The number of sulfone groups is 1. The van der Waals surface area contributed by atoms with Gasteiger partial charge in [0.15, 0.2) is 0 Å². The van der Waals surface area contributed by atoms with E-state index in [2.05, 4.69) is 24.4 Å². The van der Waals surface area contributed by atoms with Gasteiger partial charge in [-0.1, -0.05) is 6.92 Å². The van der Waals surface area contributed by atoms with Crippen molar-refractivity contribution >= 4 is 21.2 Å². The molecule has 92 valence electrons. The molecule has 0 amide bonds. The van der Waals surface area contributed by atoms with Gasteiger partial charge in [0.05, 0.1) is 5.75 Å².